The van der Waals surface area contributed by atoms with Crippen molar-refractivity contribution >= 4 is 35.0 Å². The van der Waals surface area contributed by atoms with Gasteiger partial charge in [0, 0.05) is 16.8 Å². The molecule has 1 atom stereocenters. The Kier molecular flexibility index (Phi) is 8.04. The third-order valence-electron chi connectivity index (χ3n) is 4.73. The summed E-state index contributed by atoms with van der Waals surface area (Å²) in [5.74, 6) is 2.23. The molecule has 0 saturated heterocycles. The molecule has 1 heterocycles. The highest BCUT2D eigenvalue weighted by Crippen LogP contribution is 2.28. The van der Waals surface area contributed by atoms with E-state index >= 15 is 0 Å². The van der Waals surface area contributed by atoms with Crippen LogP contribution in [0.1, 0.15) is 44.3 Å². The summed E-state index contributed by atoms with van der Waals surface area (Å²) in [6.45, 7) is 7.94. The fourth-order valence-electron chi connectivity index (χ4n) is 3.06. The molecule has 0 radical (unpaired) electrons. The predicted octanol–water partition coefficient (Wildman–Crippen LogP) is 5.70. The number of carbonyl (C=O) groups excluding carboxylic acids is 1. The minimum atomic E-state index is -0.323. The fraction of sp³-hybridized carbons (Fsp3) is 0.348. The molecule has 0 bridgehead atoms. The number of thioether (sulfide) groups is 1. The average molecular weight is 475 g/mol. The van der Waals surface area contributed by atoms with E-state index in [1.807, 2.05) is 68.7 Å². The Labute approximate surface area is 197 Å². The largest absolute Gasteiger partial charge is 0.497 e. The molecule has 0 spiro atoms. The van der Waals surface area contributed by atoms with Crippen molar-refractivity contribution in [2.75, 3.05) is 18.2 Å². The molecule has 1 amide bonds. The van der Waals surface area contributed by atoms with E-state index in [1.54, 1.807) is 13.2 Å². The Hall–Kier alpha value is -2.71. The van der Waals surface area contributed by atoms with Crippen molar-refractivity contribution in [3.8, 4) is 11.5 Å². The van der Waals surface area contributed by atoms with Crippen LogP contribution in [-0.2, 0) is 4.79 Å². The molecular formula is C23H27ClN4O3S. The minimum Gasteiger partial charge on any atom is -0.497 e. The van der Waals surface area contributed by atoms with E-state index in [0.29, 0.717) is 27.4 Å². The van der Waals surface area contributed by atoms with Crippen molar-refractivity contribution in [1.82, 2.24) is 14.8 Å². The van der Waals surface area contributed by atoms with Gasteiger partial charge in [0.25, 0.3) is 0 Å². The molecule has 1 aromatic heterocycles. The Morgan fingerprint density at radius 2 is 1.81 bits per heavy atom. The van der Waals surface area contributed by atoms with Crippen LogP contribution in [0.15, 0.2) is 47.6 Å². The van der Waals surface area contributed by atoms with Crippen LogP contribution in [0, 0.1) is 6.92 Å². The summed E-state index contributed by atoms with van der Waals surface area (Å²) in [6, 6.07) is 12.9. The molecule has 9 heteroatoms. The number of carbonyl (C=O) groups is 1. The van der Waals surface area contributed by atoms with Crippen LogP contribution in [0.5, 0.6) is 11.5 Å². The number of aromatic nitrogens is 3. The van der Waals surface area contributed by atoms with Crippen LogP contribution >= 0.6 is 23.4 Å². The molecule has 170 valence electrons. The van der Waals surface area contributed by atoms with Crippen molar-refractivity contribution in [1.29, 1.82) is 0 Å². The van der Waals surface area contributed by atoms with Gasteiger partial charge in [-0.3, -0.25) is 4.79 Å². The normalized spacial score (nSPS) is 12.0. The minimum absolute atomic E-state index is 0.100. The van der Waals surface area contributed by atoms with Gasteiger partial charge in [0.2, 0.25) is 5.91 Å². The highest BCUT2D eigenvalue weighted by molar-refractivity contribution is 7.99. The number of hydrogen-bond acceptors (Lipinski definition) is 6. The van der Waals surface area contributed by atoms with Gasteiger partial charge in [-0.25, -0.2) is 0 Å². The Balaban J connectivity index is 1.66. The Bertz CT molecular complexity index is 1070. The predicted molar refractivity (Wildman–Crippen MR) is 128 cm³/mol. The number of methoxy groups -OCH3 is 1. The van der Waals surface area contributed by atoms with Crippen molar-refractivity contribution in [3.05, 3.63) is 58.9 Å². The second kappa shape index (κ2) is 10.7. The van der Waals surface area contributed by atoms with Gasteiger partial charge in [-0.15, -0.1) is 10.2 Å². The standard InChI is InChI=1S/C23H27ClN4O3S/c1-14(2)28-22(16(4)31-19-10-8-18(30-5)9-11-19)26-27-23(28)32-13-21(29)25-17-7-6-15(3)20(24)12-17/h6-12,14,16H,13H2,1-5H3,(H,25,29). The first-order valence-corrected chi connectivity index (χ1v) is 11.6. The van der Waals surface area contributed by atoms with Gasteiger partial charge < -0.3 is 19.4 Å². The summed E-state index contributed by atoms with van der Waals surface area (Å²) in [6.07, 6.45) is -0.323. The van der Waals surface area contributed by atoms with E-state index < -0.39 is 0 Å². The number of rotatable bonds is 9. The van der Waals surface area contributed by atoms with Gasteiger partial charge in [-0.1, -0.05) is 29.4 Å². The van der Waals surface area contributed by atoms with Crippen molar-refractivity contribution in [3.63, 3.8) is 0 Å². The van der Waals surface area contributed by atoms with E-state index in [9.17, 15) is 4.79 Å². The topological polar surface area (TPSA) is 78.3 Å². The van der Waals surface area contributed by atoms with Gasteiger partial charge in [-0.05, 0) is 69.7 Å². The molecule has 2 aromatic carbocycles. The van der Waals surface area contributed by atoms with Crippen LogP contribution in [0.25, 0.3) is 0 Å². The third kappa shape index (κ3) is 5.95. The molecule has 0 aliphatic rings. The lowest BCUT2D eigenvalue weighted by molar-refractivity contribution is -0.113. The number of ether oxygens (including phenoxy) is 2. The van der Waals surface area contributed by atoms with Crippen LogP contribution < -0.4 is 14.8 Å². The number of nitrogens with one attached hydrogen (secondary N) is 1. The number of benzene rings is 2. The van der Waals surface area contributed by atoms with Crippen molar-refractivity contribution in [2.45, 2.75) is 45.0 Å². The molecule has 0 fully saturated rings. The van der Waals surface area contributed by atoms with Gasteiger partial charge in [0.15, 0.2) is 17.1 Å². The van der Waals surface area contributed by atoms with Crippen LogP contribution in [0.2, 0.25) is 5.02 Å². The smallest absolute Gasteiger partial charge is 0.234 e. The van der Waals surface area contributed by atoms with Crippen molar-refractivity contribution < 1.29 is 14.3 Å². The first-order valence-electron chi connectivity index (χ1n) is 10.2. The number of aryl methyl sites for hydroxylation is 1. The number of anilines is 1. The van der Waals surface area contributed by atoms with E-state index in [-0.39, 0.29) is 23.8 Å². The lowest BCUT2D eigenvalue weighted by atomic mass is 10.2. The molecular weight excluding hydrogens is 448 g/mol. The zero-order chi connectivity index (χ0) is 23.3. The first-order chi connectivity index (χ1) is 15.3. The third-order valence-corrected chi connectivity index (χ3v) is 6.08. The molecule has 0 saturated carbocycles. The van der Waals surface area contributed by atoms with Gasteiger partial charge in [0.1, 0.15) is 11.5 Å². The van der Waals surface area contributed by atoms with E-state index in [1.165, 1.54) is 11.8 Å². The average Bonchev–Trinajstić information content (AvgIpc) is 3.20. The van der Waals surface area contributed by atoms with Crippen LogP contribution in [-0.4, -0.2) is 33.5 Å². The van der Waals surface area contributed by atoms with Gasteiger partial charge >= 0.3 is 0 Å². The molecule has 1 N–H and O–H groups in total. The number of nitrogens with zero attached hydrogens (tertiary/aromatic N) is 3. The Morgan fingerprint density at radius 1 is 1.12 bits per heavy atom. The lowest BCUT2D eigenvalue weighted by Gasteiger charge is -2.19. The molecule has 0 aliphatic carbocycles. The summed E-state index contributed by atoms with van der Waals surface area (Å²) in [5, 5.41) is 12.8. The zero-order valence-electron chi connectivity index (χ0n) is 18.8. The summed E-state index contributed by atoms with van der Waals surface area (Å²) in [7, 11) is 1.62. The molecule has 0 aliphatic heterocycles. The molecule has 32 heavy (non-hydrogen) atoms. The highest BCUT2D eigenvalue weighted by Gasteiger charge is 2.22. The second-order valence-corrected chi connectivity index (χ2v) is 8.89. The van der Waals surface area contributed by atoms with E-state index in [4.69, 9.17) is 21.1 Å². The quantitative estimate of drug-likeness (QED) is 0.401. The maximum absolute atomic E-state index is 12.4. The monoisotopic (exact) mass is 474 g/mol. The number of halogens is 1. The maximum atomic E-state index is 12.4. The lowest BCUT2D eigenvalue weighted by Crippen LogP contribution is -2.16. The molecule has 3 aromatic rings. The zero-order valence-corrected chi connectivity index (χ0v) is 20.3. The SMILES string of the molecule is COc1ccc(OC(C)c2nnc(SCC(=O)Nc3ccc(C)c(Cl)c3)n2C(C)C)cc1. The van der Waals surface area contributed by atoms with E-state index in [2.05, 4.69) is 15.5 Å². The van der Waals surface area contributed by atoms with Crippen LogP contribution in [0.3, 0.4) is 0 Å². The fourth-order valence-corrected chi connectivity index (χ4v) is 4.11. The first kappa shape index (κ1) is 23.9. The van der Waals surface area contributed by atoms with Gasteiger partial charge in [0.05, 0.1) is 12.9 Å². The Morgan fingerprint density at radius 3 is 2.44 bits per heavy atom. The maximum Gasteiger partial charge on any atom is 0.234 e. The summed E-state index contributed by atoms with van der Waals surface area (Å²) < 4.78 is 13.2. The summed E-state index contributed by atoms with van der Waals surface area (Å²) in [5.41, 5.74) is 1.63. The van der Waals surface area contributed by atoms with E-state index in [0.717, 1.165) is 11.3 Å². The summed E-state index contributed by atoms with van der Waals surface area (Å²) >= 11 is 7.47. The number of hydrogen-bond donors (Lipinski definition) is 1. The van der Waals surface area contributed by atoms with Crippen LogP contribution in [0.4, 0.5) is 5.69 Å². The summed E-state index contributed by atoms with van der Waals surface area (Å²) in [4.78, 5) is 12.4. The highest BCUT2D eigenvalue weighted by atomic mass is 35.5. The second-order valence-electron chi connectivity index (χ2n) is 7.54. The molecule has 1 unspecified atom stereocenters. The molecule has 7 nitrogen and oxygen atoms in total. The molecule has 3 rings (SSSR count). The number of amides is 1. The van der Waals surface area contributed by atoms with Gasteiger partial charge in [-0.2, -0.15) is 0 Å². The van der Waals surface area contributed by atoms with Crippen molar-refractivity contribution in [2.24, 2.45) is 0 Å².